The fourth-order valence-corrected chi connectivity index (χ4v) is 3.69. The summed E-state index contributed by atoms with van der Waals surface area (Å²) in [6.07, 6.45) is 0. The molecule has 7 nitrogen and oxygen atoms in total. The molecule has 0 fully saturated rings. The Morgan fingerprint density at radius 1 is 1.08 bits per heavy atom. The maximum atomic E-state index is 12.9. The van der Waals surface area contributed by atoms with E-state index in [9.17, 15) is 18.3 Å². The lowest BCUT2D eigenvalue weighted by Crippen LogP contribution is -2.41. The predicted octanol–water partition coefficient (Wildman–Crippen LogP) is 1.30. The summed E-state index contributed by atoms with van der Waals surface area (Å²) in [6, 6.07) is 9.71. The summed E-state index contributed by atoms with van der Waals surface area (Å²) in [7, 11) is -1.40. The number of methoxy groups -OCH3 is 2. The lowest BCUT2D eigenvalue weighted by Gasteiger charge is -2.25. The van der Waals surface area contributed by atoms with Gasteiger partial charge in [0.2, 0.25) is 0 Å². The molecule has 9 heteroatoms. The van der Waals surface area contributed by atoms with Gasteiger partial charge < -0.3 is 19.4 Å². The van der Waals surface area contributed by atoms with Crippen molar-refractivity contribution in [2.24, 2.45) is 0 Å². The van der Waals surface area contributed by atoms with E-state index in [0.29, 0.717) is 10.8 Å². The molecular formula is C16H15ClNO6S-. The highest BCUT2D eigenvalue weighted by molar-refractivity contribution is 7.92. The summed E-state index contributed by atoms with van der Waals surface area (Å²) < 4.78 is 36.7. The van der Waals surface area contributed by atoms with Crippen molar-refractivity contribution < 1.29 is 27.8 Å². The molecule has 0 aliphatic heterocycles. The summed E-state index contributed by atoms with van der Waals surface area (Å²) in [4.78, 5) is 10.9. The van der Waals surface area contributed by atoms with Gasteiger partial charge in [-0.15, -0.1) is 0 Å². The summed E-state index contributed by atoms with van der Waals surface area (Å²) in [6.45, 7) is -0.849. The smallest absolute Gasteiger partial charge is 0.264 e. The zero-order valence-electron chi connectivity index (χ0n) is 13.4. The summed E-state index contributed by atoms with van der Waals surface area (Å²) in [5.41, 5.74) is 0.142. The molecule has 0 amide bonds. The van der Waals surface area contributed by atoms with Gasteiger partial charge in [0.25, 0.3) is 10.0 Å². The first-order chi connectivity index (χ1) is 11.8. The average Bonchev–Trinajstić information content (AvgIpc) is 2.59. The molecule has 2 aromatic carbocycles. The molecule has 0 aromatic heterocycles. The van der Waals surface area contributed by atoms with Gasteiger partial charge in [0.1, 0.15) is 0 Å². The van der Waals surface area contributed by atoms with Crippen LogP contribution in [0.5, 0.6) is 11.5 Å². The van der Waals surface area contributed by atoms with Gasteiger partial charge in [-0.25, -0.2) is 8.42 Å². The Morgan fingerprint density at radius 3 is 2.20 bits per heavy atom. The van der Waals surface area contributed by atoms with E-state index in [1.165, 1.54) is 56.7 Å². The fraction of sp³-hybridized carbons (Fsp3) is 0.188. The van der Waals surface area contributed by atoms with Gasteiger partial charge in [-0.05, 0) is 36.4 Å². The largest absolute Gasteiger partial charge is 0.548 e. The van der Waals surface area contributed by atoms with Crippen LogP contribution in [0.4, 0.5) is 5.69 Å². The standard InChI is InChI=1S/C16H16ClNO6S/c1-23-14-8-7-13(9-15(14)24-2)25(21,22)18(10-16(19)20)12-5-3-11(17)4-6-12/h3-9H,10H2,1-2H3,(H,19,20)/p-1. The lowest BCUT2D eigenvalue weighted by atomic mass is 10.3. The topological polar surface area (TPSA) is 96.0 Å². The number of sulfonamides is 1. The maximum Gasteiger partial charge on any atom is 0.264 e. The van der Waals surface area contributed by atoms with Crippen molar-refractivity contribution in [2.45, 2.75) is 4.90 Å². The van der Waals surface area contributed by atoms with E-state index < -0.39 is 22.5 Å². The Bertz CT molecular complexity index is 867. The quantitative estimate of drug-likeness (QED) is 0.714. The van der Waals surface area contributed by atoms with E-state index in [4.69, 9.17) is 21.1 Å². The molecule has 2 aromatic rings. The monoisotopic (exact) mass is 384 g/mol. The molecule has 0 spiro atoms. The van der Waals surface area contributed by atoms with Gasteiger partial charge in [0.05, 0.1) is 37.3 Å². The third kappa shape index (κ3) is 4.15. The second-order valence-electron chi connectivity index (χ2n) is 4.88. The molecule has 0 bridgehead atoms. The van der Waals surface area contributed by atoms with Gasteiger partial charge in [-0.1, -0.05) is 11.6 Å². The van der Waals surface area contributed by atoms with Crippen LogP contribution in [0.2, 0.25) is 5.02 Å². The molecule has 0 saturated heterocycles. The Kier molecular flexibility index (Phi) is 5.76. The van der Waals surface area contributed by atoms with E-state index in [0.717, 1.165) is 4.31 Å². The molecule has 0 heterocycles. The van der Waals surface area contributed by atoms with Gasteiger partial charge in [-0.2, -0.15) is 0 Å². The summed E-state index contributed by atoms with van der Waals surface area (Å²) >= 11 is 5.80. The normalized spacial score (nSPS) is 11.0. The Morgan fingerprint density at radius 2 is 1.68 bits per heavy atom. The molecule has 0 radical (unpaired) electrons. The number of carbonyl (C=O) groups is 1. The van der Waals surface area contributed by atoms with Crippen LogP contribution in [0.1, 0.15) is 0 Å². The predicted molar refractivity (Wildman–Crippen MR) is 90.5 cm³/mol. The zero-order chi connectivity index (χ0) is 18.6. The molecule has 0 aliphatic carbocycles. The minimum absolute atomic E-state index is 0.142. The number of hydrogen-bond acceptors (Lipinski definition) is 6. The van der Waals surface area contributed by atoms with E-state index in [1.807, 2.05) is 0 Å². The van der Waals surface area contributed by atoms with Crippen molar-refractivity contribution in [1.29, 1.82) is 0 Å². The highest BCUT2D eigenvalue weighted by Gasteiger charge is 2.26. The van der Waals surface area contributed by atoms with Gasteiger partial charge in [0, 0.05) is 11.1 Å². The highest BCUT2D eigenvalue weighted by atomic mass is 35.5. The number of halogens is 1. The maximum absolute atomic E-state index is 12.9. The van der Waals surface area contributed by atoms with Crippen LogP contribution in [0.3, 0.4) is 0 Å². The van der Waals surface area contributed by atoms with Crippen molar-refractivity contribution in [2.75, 3.05) is 25.1 Å². The lowest BCUT2D eigenvalue weighted by molar-refractivity contribution is -0.303. The van der Waals surface area contributed by atoms with E-state index in [-0.39, 0.29) is 16.3 Å². The van der Waals surface area contributed by atoms with E-state index >= 15 is 0 Å². The van der Waals surface area contributed by atoms with Crippen LogP contribution >= 0.6 is 11.6 Å². The van der Waals surface area contributed by atoms with Crippen molar-refractivity contribution in [3.63, 3.8) is 0 Å². The summed E-state index contributed by atoms with van der Waals surface area (Å²) in [5, 5.41) is 11.5. The molecule has 0 N–H and O–H groups in total. The first kappa shape index (κ1) is 18.9. The SMILES string of the molecule is COc1ccc(S(=O)(=O)N(CC(=O)[O-])c2ccc(Cl)cc2)cc1OC. The molecule has 134 valence electrons. The van der Waals surface area contributed by atoms with Crippen molar-refractivity contribution in [3.8, 4) is 11.5 Å². The number of carbonyl (C=O) groups excluding carboxylic acids is 1. The first-order valence-corrected chi connectivity index (χ1v) is 8.81. The van der Waals surface area contributed by atoms with Crippen LogP contribution in [-0.2, 0) is 14.8 Å². The van der Waals surface area contributed by atoms with E-state index in [1.54, 1.807) is 0 Å². The van der Waals surface area contributed by atoms with Gasteiger partial charge in [-0.3, -0.25) is 4.31 Å². The highest BCUT2D eigenvalue weighted by Crippen LogP contribution is 2.32. The average molecular weight is 385 g/mol. The van der Waals surface area contributed by atoms with Crippen LogP contribution in [0, 0.1) is 0 Å². The zero-order valence-corrected chi connectivity index (χ0v) is 15.0. The Hall–Kier alpha value is -2.45. The van der Waals surface area contributed by atoms with Crippen molar-refractivity contribution in [3.05, 3.63) is 47.5 Å². The number of rotatable bonds is 7. The number of benzene rings is 2. The molecular weight excluding hydrogens is 370 g/mol. The molecule has 0 unspecified atom stereocenters. The van der Waals surface area contributed by atoms with Gasteiger partial charge in [0.15, 0.2) is 11.5 Å². The second kappa shape index (κ2) is 7.62. The number of aliphatic carboxylic acids is 1. The minimum Gasteiger partial charge on any atom is -0.548 e. The number of nitrogens with zero attached hydrogens (tertiary/aromatic N) is 1. The first-order valence-electron chi connectivity index (χ1n) is 6.99. The third-order valence-corrected chi connectivity index (χ3v) is 5.35. The second-order valence-corrected chi connectivity index (χ2v) is 7.18. The molecule has 2 rings (SSSR count). The molecule has 0 saturated carbocycles. The van der Waals surface area contributed by atoms with Crippen LogP contribution in [0.15, 0.2) is 47.4 Å². The number of anilines is 1. The number of carboxylic acid groups (broad SMARTS) is 1. The number of ether oxygens (including phenoxy) is 2. The summed E-state index contributed by atoms with van der Waals surface area (Å²) in [5.74, 6) is -0.994. The fourth-order valence-electron chi connectivity index (χ4n) is 2.14. The van der Waals surface area contributed by atoms with Crippen LogP contribution in [-0.4, -0.2) is 35.2 Å². The van der Waals surface area contributed by atoms with Crippen molar-refractivity contribution >= 4 is 33.3 Å². The van der Waals surface area contributed by atoms with Crippen molar-refractivity contribution in [1.82, 2.24) is 0 Å². The number of hydrogen-bond donors (Lipinski definition) is 0. The van der Waals surface area contributed by atoms with Gasteiger partial charge >= 0.3 is 0 Å². The molecule has 0 aliphatic rings. The molecule has 0 atom stereocenters. The number of carboxylic acids is 1. The third-order valence-electron chi connectivity index (χ3n) is 3.33. The van der Waals surface area contributed by atoms with Crippen LogP contribution in [0.25, 0.3) is 0 Å². The molecule has 25 heavy (non-hydrogen) atoms. The van der Waals surface area contributed by atoms with E-state index in [2.05, 4.69) is 0 Å². The Balaban J connectivity index is 2.55. The Labute approximate surface area is 150 Å². The minimum atomic E-state index is -4.19. The van der Waals surface area contributed by atoms with Crippen LogP contribution < -0.4 is 18.9 Å².